The molecule has 0 aliphatic carbocycles. The van der Waals surface area contributed by atoms with Gasteiger partial charge in [-0.3, -0.25) is 9.69 Å². The maximum atomic E-state index is 12.7. The number of carbonyl (C=O) groups is 2. The fourth-order valence-electron chi connectivity index (χ4n) is 3.05. The molecule has 7 heteroatoms. The Hall–Kier alpha value is -2.90. The van der Waals surface area contributed by atoms with Crippen molar-refractivity contribution in [2.45, 2.75) is 12.1 Å². The minimum absolute atomic E-state index is 0.194. The molecule has 27 heavy (non-hydrogen) atoms. The van der Waals surface area contributed by atoms with E-state index in [0.717, 1.165) is 5.69 Å². The lowest BCUT2D eigenvalue weighted by atomic mass is 10.0. The summed E-state index contributed by atoms with van der Waals surface area (Å²) in [6.07, 6.45) is -0.822. The van der Waals surface area contributed by atoms with Crippen LogP contribution < -0.4 is 10.6 Å². The highest BCUT2D eigenvalue weighted by Gasteiger charge is 2.33. The first-order valence-electron chi connectivity index (χ1n) is 8.74. The SMILES string of the molecule is CN(CC1CN(c2ccccc2)C(=O)O1)C(=O)c1cccc(C(N)CO)c1. The summed E-state index contributed by atoms with van der Waals surface area (Å²) in [6, 6.07) is 15.6. The Bertz CT molecular complexity index is 812. The van der Waals surface area contributed by atoms with Crippen LogP contribution in [-0.2, 0) is 4.74 Å². The number of likely N-dealkylation sites (N-methyl/N-ethyl adjacent to an activating group) is 1. The van der Waals surface area contributed by atoms with Crippen molar-refractivity contribution in [2.24, 2.45) is 5.73 Å². The number of nitrogens with zero attached hydrogens (tertiary/aromatic N) is 2. The number of anilines is 1. The second-order valence-electron chi connectivity index (χ2n) is 6.55. The zero-order chi connectivity index (χ0) is 19.4. The number of hydrogen-bond acceptors (Lipinski definition) is 5. The standard InChI is InChI=1S/C20H23N3O4/c1-22(19(25)15-7-5-6-14(10-15)18(21)13-24)11-17-12-23(20(26)27-17)16-8-3-2-4-9-16/h2-10,17-18,24H,11-13,21H2,1H3. The molecule has 1 fully saturated rings. The van der Waals surface area contributed by atoms with Crippen molar-refractivity contribution in [3.63, 3.8) is 0 Å². The minimum Gasteiger partial charge on any atom is -0.442 e. The van der Waals surface area contributed by atoms with E-state index in [-0.39, 0.29) is 19.1 Å². The Morgan fingerprint density at radius 2 is 2.04 bits per heavy atom. The average Bonchev–Trinajstić information content (AvgIpc) is 3.07. The van der Waals surface area contributed by atoms with Gasteiger partial charge in [0.2, 0.25) is 0 Å². The van der Waals surface area contributed by atoms with Crippen LogP contribution in [0.25, 0.3) is 0 Å². The smallest absolute Gasteiger partial charge is 0.414 e. The quantitative estimate of drug-likeness (QED) is 0.809. The lowest BCUT2D eigenvalue weighted by Gasteiger charge is -2.21. The fraction of sp³-hybridized carbons (Fsp3) is 0.300. The molecule has 2 unspecified atom stereocenters. The maximum Gasteiger partial charge on any atom is 0.414 e. The Labute approximate surface area is 157 Å². The Morgan fingerprint density at radius 3 is 2.74 bits per heavy atom. The molecule has 2 aromatic rings. The lowest BCUT2D eigenvalue weighted by molar-refractivity contribution is 0.0694. The van der Waals surface area contributed by atoms with E-state index in [1.807, 2.05) is 30.3 Å². The third kappa shape index (κ3) is 4.27. The van der Waals surface area contributed by atoms with E-state index >= 15 is 0 Å². The molecule has 0 saturated carbocycles. The molecule has 1 heterocycles. The van der Waals surface area contributed by atoms with Gasteiger partial charge in [0.1, 0.15) is 6.10 Å². The Morgan fingerprint density at radius 1 is 1.30 bits per heavy atom. The van der Waals surface area contributed by atoms with E-state index in [1.54, 1.807) is 36.2 Å². The highest BCUT2D eigenvalue weighted by atomic mass is 16.6. The monoisotopic (exact) mass is 369 g/mol. The van der Waals surface area contributed by atoms with E-state index in [1.165, 1.54) is 4.90 Å². The number of hydrogen-bond donors (Lipinski definition) is 2. The maximum absolute atomic E-state index is 12.7. The Balaban J connectivity index is 1.65. The molecule has 1 saturated heterocycles. The van der Waals surface area contributed by atoms with Crippen LogP contribution in [-0.4, -0.2) is 54.9 Å². The van der Waals surface area contributed by atoms with E-state index in [2.05, 4.69) is 0 Å². The van der Waals surface area contributed by atoms with Crippen LogP contribution in [0.5, 0.6) is 0 Å². The zero-order valence-corrected chi connectivity index (χ0v) is 15.1. The van der Waals surface area contributed by atoms with Gasteiger partial charge in [-0.1, -0.05) is 30.3 Å². The molecule has 1 aliphatic rings. The van der Waals surface area contributed by atoms with E-state index in [0.29, 0.717) is 17.7 Å². The molecule has 2 aromatic carbocycles. The number of carbonyl (C=O) groups excluding carboxylic acids is 2. The van der Waals surface area contributed by atoms with Gasteiger partial charge >= 0.3 is 6.09 Å². The van der Waals surface area contributed by atoms with E-state index in [9.17, 15) is 14.7 Å². The normalized spacial score (nSPS) is 17.5. The van der Waals surface area contributed by atoms with Gasteiger partial charge < -0.3 is 20.5 Å². The minimum atomic E-state index is -0.529. The van der Waals surface area contributed by atoms with Gasteiger partial charge in [-0.15, -0.1) is 0 Å². The van der Waals surface area contributed by atoms with Crippen molar-refractivity contribution in [1.29, 1.82) is 0 Å². The molecular formula is C20H23N3O4. The average molecular weight is 369 g/mol. The molecule has 142 valence electrons. The summed E-state index contributed by atoms with van der Waals surface area (Å²) in [7, 11) is 1.67. The number of aliphatic hydroxyl groups is 1. The molecule has 0 spiro atoms. The summed E-state index contributed by atoms with van der Waals surface area (Å²) in [5.41, 5.74) is 7.76. The Kier molecular flexibility index (Phi) is 5.73. The summed E-state index contributed by atoms with van der Waals surface area (Å²) >= 11 is 0. The second-order valence-corrected chi connectivity index (χ2v) is 6.55. The zero-order valence-electron chi connectivity index (χ0n) is 15.1. The van der Waals surface area contributed by atoms with Crippen LogP contribution in [0.2, 0.25) is 0 Å². The molecule has 0 bridgehead atoms. The molecule has 2 amide bonds. The van der Waals surface area contributed by atoms with Crippen molar-refractivity contribution in [1.82, 2.24) is 4.90 Å². The topological polar surface area (TPSA) is 96.1 Å². The predicted octanol–water partition coefficient (Wildman–Crippen LogP) is 1.78. The largest absolute Gasteiger partial charge is 0.442 e. The van der Waals surface area contributed by atoms with Gasteiger partial charge in [0.05, 0.1) is 25.7 Å². The number of nitrogens with two attached hydrogens (primary N) is 1. The number of cyclic esters (lactones) is 1. The number of amides is 2. The van der Waals surface area contributed by atoms with Crippen molar-refractivity contribution >= 4 is 17.7 Å². The summed E-state index contributed by atoms with van der Waals surface area (Å²) in [4.78, 5) is 27.9. The third-order valence-electron chi connectivity index (χ3n) is 4.52. The van der Waals surface area contributed by atoms with E-state index < -0.39 is 18.2 Å². The molecule has 3 rings (SSSR count). The number of benzene rings is 2. The number of para-hydroxylation sites is 1. The van der Waals surface area contributed by atoms with E-state index in [4.69, 9.17) is 10.5 Å². The predicted molar refractivity (Wildman–Crippen MR) is 101 cm³/mol. The van der Waals surface area contributed by atoms with Gasteiger partial charge in [-0.2, -0.15) is 0 Å². The highest BCUT2D eigenvalue weighted by Crippen LogP contribution is 2.22. The molecular weight excluding hydrogens is 346 g/mol. The summed E-state index contributed by atoms with van der Waals surface area (Å²) in [5.74, 6) is -0.198. The van der Waals surface area contributed by atoms with Crippen LogP contribution in [0.4, 0.5) is 10.5 Å². The number of ether oxygens (including phenoxy) is 1. The van der Waals surface area contributed by atoms with Gasteiger partial charge in [0, 0.05) is 18.3 Å². The first kappa shape index (κ1) is 18.9. The second kappa shape index (κ2) is 8.20. The number of rotatable bonds is 6. The van der Waals surface area contributed by atoms with Gasteiger partial charge in [0.15, 0.2) is 0 Å². The van der Waals surface area contributed by atoms with Crippen LogP contribution in [0.15, 0.2) is 54.6 Å². The van der Waals surface area contributed by atoms with Crippen molar-refractivity contribution < 1.29 is 19.4 Å². The lowest BCUT2D eigenvalue weighted by Crippen LogP contribution is -2.36. The van der Waals surface area contributed by atoms with Gasteiger partial charge in [-0.25, -0.2) is 4.79 Å². The summed E-state index contributed by atoms with van der Waals surface area (Å²) in [6.45, 7) is 0.473. The highest BCUT2D eigenvalue weighted by molar-refractivity contribution is 5.94. The molecule has 7 nitrogen and oxygen atoms in total. The van der Waals surface area contributed by atoms with Gasteiger partial charge in [0.25, 0.3) is 5.91 Å². The number of aliphatic hydroxyl groups excluding tert-OH is 1. The third-order valence-corrected chi connectivity index (χ3v) is 4.52. The van der Waals surface area contributed by atoms with Crippen molar-refractivity contribution in [3.05, 3.63) is 65.7 Å². The molecule has 3 N–H and O–H groups in total. The molecule has 0 aromatic heterocycles. The fourth-order valence-corrected chi connectivity index (χ4v) is 3.05. The van der Waals surface area contributed by atoms with Crippen molar-refractivity contribution in [3.8, 4) is 0 Å². The molecule has 0 radical (unpaired) electrons. The summed E-state index contributed by atoms with van der Waals surface area (Å²) in [5, 5.41) is 9.19. The van der Waals surface area contributed by atoms with Crippen LogP contribution >= 0.6 is 0 Å². The van der Waals surface area contributed by atoms with Crippen molar-refractivity contribution in [2.75, 3.05) is 31.6 Å². The van der Waals surface area contributed by atoms with Crippen LogP contribution in [0.3, 0.4) is 0 Å². The van der Waals surface area contributed by atoms with Crippen LogP contribution in [0, 0.1) is 0 Å². The van der Waals surface area contributed by atoms with Gasteiger partial charge in [-0.05, 0) is 29.8 Å². The first-order chi connectivity index (χ1) is 13.0. The summed E-state index contributed by atoms with van der Waals surface area (Å²) < 4.78 is 5.40. The molecule has 1 aliphatic heterocycles. The van der Waals surface area contributed by atoms with Crippen LogP contribution in [0.1, 0.15) is 22.0 Å². The first-order valence-corrected chi connectivity index (χ1v) is 8.74. The molecule has 2 atom stereocenters.